The molecule has 4 aliphatic carbocycles. The Morgan fingerprint density at radius 2 is 1.62 bits per heavy atom. The number of ether oxygens (including phenoxy) is 3. The molecule has 156 valence electrons. The van der Waals surface area contributed by atoms with E-state index in [-0.39, 0.29) is 35.7 Å². The number of methoxy groups -OCH3 is 1. The lowest BCUT2D eigenvalue weighted by Gasteiger charge is -2.55. The van der Waals surface area contributed by atoms with Crippen LogP contribution in [-0.4, -0.2) is 38.0 Å². The highest BCUT2D eigenvalue weighted by Gasteiger charge is 2.54. The summed E-state index contributed by atoms with van der Waals surface area (Å²) in [6.45, 7) is -0.479. The van der Waals surface area contributed by atoms with E-state index in [1.165, 1.54) is 44.6 Å². The highest BCUT2D eigenvalue weighted by Crippen LogP contribution is 2.60. The quantitative estimate of drug-likeness (QED) is 0.671. The topological polar surface area (TPSA) is 105 Å². The third kappa shape index (κ3) is 3.95. The summed E-state index contributed by atoms with van der Waals surface area (Å²) in [6.07, 6.45) is 6.64. The number of nitrogens with two attached hydrogens (primary N) is 1. The zero-order valence-corrected chi connectivity index (χ0v) is 16.6. The van der Waals surface area contributed by atoms with E-state index >= 15 is 0 Å². The van der Waals surface area contributed by atoms with Gasteiger partial charge in [-0.25, -0.2) is 4.79 Å². The number of rotatable bonds is 8. The van der Waals surface area contributed by atoms with Crippen molar-refractivity contribution in [3.8, 4) is 11.5 Å². The molecule has 0 saturated heterocycles. The highest BCUT2D eigenvalue weighted by molar-refractivity contribution is 5.93. The first kappa shape index (κ1) is 19.7. The number of amides is 1. The fourth-order valence-electron chi connectivity index (χ4n) is 5.88. The predicted molar refractivity (Wildman–Crippen MR) is 104 cm³/mol. The molecule has 0 unspecified atom stereocenters. The lowest BCUT2D eigenvalue weighted by molar-refractivity contribution is -0.147. The molecule has 4 saturated carbocycles. The Labute approximate surface area is 169 Å². The van der Waals surface area contributed by atoms with Crippen LogP contribution in [0.15, 0.2) is 18.2 Å². The molecule has 0 aliphatic heterocycles. The van der Waals surface area contributed by atoms with E-state index in [0.717, 1.165) is 19.3 Å². The monoisotopic (exact) mass is 401 g/mol. The summed E-state index contributed by atoms with van der Waals surface area (Å²) < 4.78 is 15.8. The standard InChI is InChI=1S/C22H27NO6/c1-27-18-7-16(2-3-17(18)28-12-20(23)25)21(26)29-11-19(24)22-8-13-4-14(9-22)6-15(5-13)10-22/h2-3,7,13-15H,4-6,8-12H2,1H3,(H2,23,25). The molecular formula is C22H27NO6. The first-order valence-corrected chi connectivity index (χ1v) is 10.2. The van der Waals surface area contributed by atoms with Gasteiger partial charge in [0, 0.05) is 5.41 Å². The van der Waals surface area contributed by atoms with Crippen molar-refractivity contribution in [1.82, 2.24) is 0 Å². The van der Waals surface area contributed by atoms with E-state index in [0.29, 0.717) is 23.5 Å². The molecule has 29 heavy (non-hydrogen) atoms. The maximum Gasteiger partial charge on any atom is 0.338 e. The van der Waals surface area contributed by atoms with Gasteiger partial charge in [-0.1, -0.05) is 0 Å². The number of Topliss-reactive ketones (excluding diaryl/α,β-unsaturated/α-hetero) is 1. The van der Waals surface area contributed by atoms with E-state index in [1.54, 1.807) is 0 Å². The lowest BCUT2D eigenvalue weighted by atomic mass is 9.48. The van der Waals surface area contributed by atoms with Gasteiger partial charge in [0.1, 0.15) is 0 Å². The second-order valence-corrected chi connectivity index (χ2v) is 8.82. The third-order valence-corrected chi connectivity index (χ3v) is 6.73. The molecule has 0 aromatic heterocycles. The Bertz CT molecular complexity index is 797. The van der Waals surface area contributed by atoms with Crippen LogP contribution in [0.25, 0.3) is 0 Å². The Balaban J connectivity index is 1.38. The van der Waals surface area contributed by atoms with E-state index in [4.69, 9.17) is 19.9 Å². The van der Waals surface area contributed by atoms with Crippen molar-refractivity contribution in [1.29, 1.82) is 0 Å². The van der Waals surface area contributed by atoms with E-state index in [2.05, 4.69) is 0 Å². The Morgan fingerprint density at radius 3 is 2.17 bits per heavy atom. The summed E-state index contributed by atoms with van der Waals surface area (Å²) in [7, 11) is 1.43. The molecule has 1 amide bonds. The predicted octanol–water partition coefficient (Wildman–Crippen LogP) is 2.50. The molecule has 4 aliphatic rings. The number of benzene rings is 1. The molecule has 0 spiro atoms. The second kappa shape index (κ2) is 7.69. The number of hydrogen-bond acceptors (Lipinski definition) is 6. The molecule has 5 rings (SSSR count). The molecule has 1 aromatic rings. The fraction of sp³-hybridized carbons (Fsp3) is 0.591. The molecule has 4 bridgehead atoms. The second-order valence-electron chi connectivity index (χ2n) is 8.82. The molecule has 4 fully saturated rings. The van der Waals surface area contributed by atoms with Crippen LogP contribution in [0, 0.1) is 23.2 Å². The van der Waals surface area contributed by atoms with E-state index in [1.807, 2.05) is 0 Å². The Morgan fingerprint density at radius 1 is 1.00 bits per heavy atom. The summed E-state index contributed by atoms with van der Waals surface area (Å²) >= 11 is 0. The Kier molecular flexibility index (Phi) is 5.23. The number of carbonyl (C=O) groups is 3. The van der Waals surface area contributed by atoms with Crippen molar-refractivity contribution >= 4 is 17.7 Å². The van der Waals surface area contributed by atoms with E-state index in [9.17, 15) is 14.4 Å². The van der Waals surface area contributed by atoms with Crippen LogP contribution < -0.4 is 15.2 Å². The van der Waals surface area contributed by atoms with Crippen molar-refractivity contribution in [3.63, 3.8) is 0 Å². The molecule has 7 heteroatoms. The third-order valence-electron chi connectivity index (χ3n) is 6.73. The number of hydrogen-bond donors (Lipinski definition) is 1. The summed E-state index contributed by atoms with van der Waals surface area (Å²) in [6, 6.07) is 4.49. The molecule has 1 aromatic carbocycles. The Hall–Kier alpha value is -2.57. The van der Waals surface area contributed by atoms with Crippen LogP contribution in [0.2, 0.25) is 0 Å². The van der Waals surface area contributed by atoms with Crippen LogP contribution >= 0.6 is 0 Å². The summed E-state index contributed by atoms with van der Waals surface area (Å²) in [5.74, 6) is 1.45. The van der Waals surface area contributed by atoms with Gasteiger partial charge in [0.2, 0.25) is 0 Å². The van der Waals surface area contributed by atoms with Gasteiger partial charge in [-0.3, -0.25) is 9.59 Å². The van der Waals surface area contributed by atoms with Gasteiger partial charge in [-0.05, 0) is 74.5 Å². The molecule has 0 atom stereocenters. The van der Waals surface area contributed by atoms with Gasteiger partial charge in [-0.15, -0.1) is 0 Å². The highest BCUT2D eigenvalue weighted by atomic mass is 16.5. The molecular weight excluding hydrogens is 374 g/mol. The van der Waals surface area contributed by atoms with Crippen LogP contribution in [-0.2, 0) is 14.3 Å². The largest absolute Gasteiger partial charge is 0.493 e. The minimum atomic E-state index is -0.612. The van der Waals surface area contributed by atoms with E-state index < -0.39 is 11.9 Å². The minimum Gasteiger partial charge on any atom is -0.493 e. The summed E-state index contributed by atoms with van der Waals surface area (Å²) in [5.41, 5.74) is 5.05. The van der Waals surface area contributed by atoms with Gasteiger partial charge >= 0.3 is 5.97 Å². The summed E-state index contributed by atoms with van der Waals surface area (Å²) in [4.78, 5) is 36.3. The van der Waals surface area contributed by atoms with Crippen molar-refractivity contribution in [2.24, 2.45) is 28.9 Å². The van der Waals surface area contributed by atoms with Gasteiger partial charge < -0.3 is 19.9 Å². The van der Waals surface area contributed by atoms with Crippen LogP contribution in [0.3, 0.4) is 0 Å². The van der Waals surface area contributed by atoms with Gasteiger partial charge in [0.05, 0.1) is 12.7 Å². The van der Waals surface area contributed by atoms with Gasteiger partial charge in [0.15, 0.2) is 30.5 Å². The van der Waals surface area contributed by atoms with Crippen molar-refractivity contribution in [2.45, 2.75) is 38.5 Å². The zero-order valence-electron chi connectivity index (χ0n) is 16.6. The average molecular weight is 401 g/mol. The first-order valence-electron chi connectivity index (χ1n) is 10.2. The molecule has 2 N–H and O–H groups in total. The smallest absolute Gasteiger partial charge is 0.338 e. The van der Waals surface area contributed by atoms with Gasteiger partial charge in [0.25, 0.3) is 5.91 Å². The first-order chi connectivity index (χ1) is 13.9. The van der Waals surface area contributed by atoms with Gasteiger partial charge in [-0.2, -0.15) is 0 Å². The minimum absolute atomic E-state index is 0.0679. The molecule has 0 radical (unpaired) electrons. The fourth-order valence-corrected chi connectivity index (χ4v) is 5.88. The SMILES string of the molecule is COc1cc(C(=O)OCC(=O)C23CC4CC(CC(C4)C2)C3)ccc1OCC(N)=O. The summed E-state index contributed by atoms with van der Waals surface area (Å²) in [5, 5.41) is 0. The number of primary amides is 1. The lowest BCUT2D eigenvalue weighted by Crippen LogP contribution is -2.51. The maximum absolute atomic E-state index is 13.0. The normalized spacial score (nSPS) is 29.3. The molecule has 7 nitrogen and oxygen atoms in total. The number of ketones is 1. The van der Waals surface area contributed by atoms with Crippen molar-refractivity contribution in [3.05, 3.63) is 23.8 Å². The van der Waals surface area contributed by atoms with Crippen LogP contribution in [0.4, 0.5) is 0 Å². The van der Waals surface area contributed by atoms with Crippen molar-refractivity contribution in [2.75, 3.05) is 20.3 Å². The van der Waals surface area contributed by atoms with Crippen LogP contribution in [0.5, 0.6) is 11.5 Å². The number of esters is 1. The maximum atomic E-state index is 13.0. The van der Waals surface area contributed by atoms with Crippen LogP contribution in [0.1, 0.15) is 48.9 Å². The zero-order chi connectivity index (χ0) is 20.6. The van der Waals surface area contributed by atoms with Crippen molar-refractivity contribution < 1.29 is 28.6 Å². The molecule has 0 heterocycles. The number of carbonyl (C=O) groups excluding carboxylic acids is 3. The average Bonchev–Trinajstić information content (AvgIpc) is 2.68.